The van der Waals surface area contributed by atoms with Crippen LogP contribution in [0.15, 0.2) is 53.5 Å². The number of aryl methyl sites for hydroxylation is 2. The van der Waals surface area contributed by atoms with E-state index in [2.05, 4.69) is 63.3 Å². The number of hydrogen-bond donors (Lipinski definition) is 0. The fraction of sp³-hybridized carbons (Fsp3) is 0.421. The van der Waals surface area contributed by atoms with Crippen LogP contribution in [0.2, 0.25) is 0 Å². The van der Waals surface area contributed by atoms with Gasteiger partial charge in [0.2, 0.25) is 0 Å². The molecule has 22 heavy (non-hydrogen) atoms. The van der Waals surface area contributed by atoms with Crippen molar-refractivity contribution in [2.75, 3.05) is 19.6 Å². The number of rotatable bonds is 4. The largest absolute Gasteiger partial charge is 3.00 e. The molecule has 2 rings (SSSR count). The van der Waals surface area contributed by atoms with Gasteiger partial charge < -0.3 is 9.89 Å². The topological polar surface area (TPSA) is 15.6 Å². The van der Waals surface area contributed by atoms with E-state index < -0.39 is 0 Å². The molecule has 0 aromatic heterocycles. The second-order valence-corrected chi connectivity index (χ2v) is 4.67. The molecule has 2 aromatic rings. The Hall–Kier alpha value is -0.726. The first-order valence-corrected chi connectivity index (χ1v) is 7.67. The van der Waals surface area contributed by atoms with Crippen molar-refractivity contribution in [3.63, 3.8) is 0 Å². The van der Waals surface area contributed by atoms with E-state index in [0.717, 1.165) is 19.6 Å². The summed E-state index contributed by atoms with van der Waals surface area (Å²) in [6, 6.07) is 16.5. The van der Waals surface area contributed by atoms with Gasteiger partial charge in [-0.3, -0.25) is 6.34 Å². The Morgan fingerprint density at radius 2 is 1.18 bits per heavy atom. The molecule has 0 radical (unpaired) electrons. The van der Waals surface area contributed by atoms with Crippen LogP contribution in [0.1, 0.15) is 31.9 Å². The fourth-order valence-electron chi connectivity index (χ4n) is 1.48. The first kappa shape index (κ1) is 23.5. The van der Waals surface area contributed by atoms with Crippen LogP contribution in [-0.4, -0.2) is 30.9 Å². The van der Waals surface area contributed by atoms with Gasteiger partial charge in [-0.1, -0.05) is 27.7 Å². The molecule has 2 aromatic carbocycles. The number of aliphatic imine (C=N–C) groups is 1. The van der Waals surface area contributed by atoms with Crippen molar-refractivity contribution < 1.29 is 32.7 Å². The van der Waals surface area contributed by atoms with Crippen LogP contribution in [0.4, 0.5) is 0 Å². The van der Waals surface area contributed by atoms with Crippen molar-refractivity contribution in [1.82, 2.24) is 4.90 Å². The van der Waals surface area contributed by atoms with Gasteiger partial charge in [-0.15, -0.1) is 0 Å². The predicted molar refractivity (Wildman–Crippen MR) is 94.4 cm³/mol. The summed E-state index contributed by atoms with van der Waals surface area (Å²) in [7, 11) is 0. The van der Waals surface area contributed by atoms with Gasteiger partial charge in [0.15, 0.2) is 0 Å². The Morgan fingerprint density at radius 3 is 1.36 bits per heavy atom. The molecule has 2 nitrogen and oxygen atoms in total. The second kappa shape index (κ2) is 16.6. The van der Waals surface area contributed by atoms with Crippen molar-refractivity contribution in [2.24, 2.45) is 4.99 Å². The average Bonchev–Trinajstić information content (AvgIpc) is 3.15. The van der Waals surface area contributed by atoms with Gasteiger partial charge in [0.25, 0.3) is 0 Å². The van der Waals surface area contributed by atoms with E-state index in [0.29, 0.717) is 0 Å². The van der Waals surface area contributed by atoms with Gasteiger partial charge in [-0.2, -0.15) is 35.4 Å². The van der Waals surface area contributed by atoms with Gasteiger partial charge in [0.05, 0.1) is 0 Å². The summed E-state index contributed by atoms with van der Waals surface area (Å²) in [6.07, 6.45) is 2.93. The predicted octanol–water partition coefficient (Wildman–Crippen LogP) is 4.68. The zero-order valence-corrected chi connectivity index (χ0v) is 17.6. The second-order valence-electron chi connectivity index (χ2n) is 4.67. The monoisotopic (exact) mass is 374 g/mol. The Morgan fingerprint density at radius 1 is 0.818 bits per heavy atom. The Labute approximate surface area is 162 Å². The maximum absolute atomic E-state index is 3.99. The van der Waals surface area contributed by atoms with Gasteiger partial charge in [0.1, 0.15) is 0 Å². The van der Waals surface area contributed by atoms with Crippen LogP contribution in [0.5, 0.6) is 0 Å². The van der Waals surface area contributed by atoms with Crippen LogP contribution in [0.25, 0.3) is 0 Å². The Bertz CT molecular complexity index is 394. The summed E-state index contributed by atoms with van der Waals surface area (Å²) in [5.74, 6) is 0. The van der Waals surface area contributed by atoms with Crippen LogP contribution < -0.4 is 0 Å². The minimum Gasteiger partial charge on any atom is -0.538 e. The zero-order chi connectivity index (χ0) is 15.9. The molecule has 0 heterocycles. The van der Waals surface area contributed by atoms with Crippen molar-refractivity contribution in [3.8, 4) is 0 Å². The number of hydrogen-bond acceptors (Lipinski definition) is 1. The van der Waals surface area contributed by atoms with Crippen molar-refractivity contribution in [1.29, 1.82) is 0 Å². The van der Waals surface area contributed by atoms with Gasteiger partial charge in [-0.05, 0) is 26.6 Å². The summed E-state index contributed by atoms with van der Waals surface area (Å²) in [6.45, 7) is 13.2. The molecule has 0 bridgehead atoms. The molecule has 0 saturated heterocycles. The Kier molecular flexibility index (Phi) is 17.8. The molecule has 3 heteroatoms. The maximum atomic E-state index is 3.99. The molecular formula is C19H29N2Y. The van der Waals surface area contributed by atoms with Crippen LogP contribution in [-0.2, 0) is 32.7 Å². The van der Waals surface area contributed by atoms with E-state index in [1.807, 2.05) is 36.1 Å². The molecule has 0 amide bonds. The third-order valence-electron chi connectivity index (χ3n) is 2.79. The maximum Gasteiger partial charge on any atom is 3.00 e. The standard InChI is InChI=1S/C7H15N2.2C6H7.Y/c1-4-8-7-9(5-2)6-3;2*1-6-4-2-3-5-6;/h4-6H2,1-3H3;2*2-5H,1H3;/q3*-1;+3. The Balaban J connectivity index is 0. The summed E-state index contributed by atoms with van der Waals surface area (Å²) < 4.78 is 0. The van der Waals surface area contributed by atoms with Crippen molar-refractivity contribution >= 4 is 6.34 Å². The minimum absolute atomic E-state index is 0. The normalized spacial score (nSPS) is 9.14. The molecule has 0 aliphatic heterocycles. The van der Waals surface area contributed by atoms with Gasteiger partial charge >= 0.3 is 32.7 Å². The van der Waals surface area contributed by atoms with E-state index in [-0.39, 0.29) is 32.7 Å². The molecule has 0 saturated carbocycles. The molecule has 0 spiro atoms. The van der Waals surface area contributed by atoms with E-state index in [4.69, 9.17) is 0 Å². The summed E-state index contributed by atoms with van der Waals surface area (Å²) in [4.78, 5) is 6.03. The van der Waals surface area contributed by atoms with E-state index in [1.54, 1.807) is 0 Å². The quantitative estimate of drug-likeness (QED) is 0.328. The smallest absolute Gasteiger partial charge is 0.538 e. The third kappa shape index (κ3) is 14.2. The van der Waals surface area contributed by atoms with Crippen molar-refractivity contribution in [3.05, 3.63) is 59.7 Å². The molecule has 0 aliphatic carbocycles. The van der Waals surface area contributed by atoms with Crippen molar-refractivity contribution in [2.45, 2.75) is 34.6 Å². The molecule has 0 atom stereocenters. The molecule has 0 fully saturated rings. The molecule has 0 unspecified atom stereocenters. The van der Waals surface area contributed by atoms with E-state index in [1.165, 1.54) is 11.1 Å². The van der Waals surface area contributed by atoms with Gasteiger partial charge in [-0.25, -0.2) is 24.3 Å². The summed E-state index contributed by atoms with van der Waals surface area (Å²) >= 11 is 0. The molecular weight excluding hydrogens is 345 g/mol. The van der Waals surface area contributed by atoms with Crippen LogP contribution >= 0.6 is 0 Å². The molecule has 118 valence electrons. The first-order valence-electron chi connectivity index (χ1n) is 7.67. The fourth-order valence-corrected chi connectivity index (χ4v) is 1.48. The van der Waals surface area contributed by atoms with E-state index >= 15 is 0 Å². The first-order chi connectivity index (χ1) is 10.1. The minimum atomic E-state index is 0. The third-order valence-corrected chi connectivity index (χ3v) is 2.79. The number of nitrogens with zero attached hydrogens (tertiary/aromatic N) is 2. The van der Waals surface area contributed by atoms with Gasteiger partial charge in [0, 0.05) is 0 Å². The molecule has 0 N–H and O–H groups in total. The SMILES string of the molecule is CCN=[C-]N(CC)CC.C[c-]1cccc1.C[c-]1cccc1.[Y+3]. The zero-order valence-electron chi connectivity index (χ0n) is 14.7. The molecule has 0 aliphatic rings. The summed E-state index contributed by atoms with van der Waals surface area (Å²) in [5, 5.41) is 0. The average molecular weight is 374 g/mol. The summed E-state index contributed by atoms with van der Waals surface area (Å²) in [5.41, 5.74) is 2.69. The van der Waals surface area contributed by atoms with Crippen LogP contribution in [0, 0.1) is 13.8 Å². The van der Waals surface area contributed by atoms with Crippen LogP contribution in [0.3, 0.4) is 0 Å². The van der Waals surface area contributed by atoms with E-state index in [9.17, 15) is 0 Å².